The summed E-state index contributed by atoms with van der Waals surface area (Å²) in [6.45, 7) is 5.68. The molecule has 4 rings (SSSR count). The van der Waals surface area contributed by atoms with Crippen LogP contribution in [0.4, 0.5) is 0 Å². The molecule has 0 unspecified atom stereocenters. The van der Waals surface area contributed by atoms with Crippen molar-refractivity contribution in [3.05, 3.63) is 42.5 Å². The second kappa shape index (κ2) is 8.93. The lowest BCUT2D eigenvalue weighted by Gasteiger charge is -2.34. The smallest absolute Gasteiger partial charge is 0.184 e. The number of hydrogen-bond donors (Lipinski definition) is 2. The lowest BCUT2D eigenvalue weighted by Crippen LogP contribution is -3.24. The minimum atomic E-state index is -3.29. The number of benzene rings is 2. The lowest BCUT2D eigenvalue weighted by atomic mass is 10.1. The van der Waals surface area contributed by atoms with Gasteiger partial charge < -0.3 is 9.80 Å². The van der Waals surface area contributed by atoms with E-state index in [1.54, 1.807) is 11.0 Å². The fourth-order valence-corrected chi connectivity index (χ4v) is 6.72. The quantitative estimate of drug-likeness (QED) is 0.761. The number of nitrogens with one attached hydrogen (secondary N) is 2. The largest absolute Gasteiger partial charge is 0.330 e. The van der Waals surface area contributed by atoms with Crippen LogP contribution in [0.5, 0.6) is 0 Å². The van der Waals surface area contributed by atoms with Crippen molar-refractivity contribution in [2.45, 2.75) is 49.5 Å². The van der Waals surface area contributed by atoms with Crippen LogP contribution >= 0.6 is 0 Å². The highest BCUT2D eigenvalue weighted by Gasteiger charge is 2.34. The van der Waals surface area contributed by atoms with Crippen molar-refractivity contribution in [2.24, 2.45) is 0 Å². The molecular weight excluding hydrogens is 368 g/mol. The molecule has 0 radical (unpaired) electrons. The van der Waals surface area contributed by atoms with Crippen molar-refractivity contribution in [2.75, 3.05) is 38.5 Å². The first-order valence-electron chi connectivity index (χ1n) is 11.0. The summed E-state index contributed by atoms with van der Waals surface area (Å²) in [7, 11) is -3.29. The summed E-state index contributed by atoms with van der Waals surface area (Å²) in [5.41, 5.74) is 0. The molecule has 0 aromatic heterocycles. The summed E-state index contributed by atoms with van der Waals surface area (Å²) in [5.74, 6) is 0.282. The average Bonchev–Trinajstić information content (AvgIpc) is 2.74. The summed E-state index contributed by atoms with van der Waals surface area (Å²) in [4.78, 5) is 3.62. The molecule has 2 aliphatic rings. The molecule has 2 aliphatic heterocycles. The molecule has 0 bridgehead atoms. The van der Waals surface area contributed by atoms with Crippen molar-refractivity contribution in [3.8, 4) is 0 Å². The van der Waals surface area contributed by atoms with Crippen LogP contribution in [0.15, 0.2) is 47.4 Å². The van der Waals surface area contributed by atoms with Gasteiger partial charge in [-0.05, 0) is 61.4 Å². The van der Waals surface area contributed by atoms with Gasteiger partial charge >= 0.3 is 0 Å². The molecule has 0 spiro atoms. The standard InChI is InChI=1S/C23H32N2O2S/c26-28(27,23-12-11-20-9-3-4-10-21(20)17-23)19-22(25-15-7-2-8-16-25)18-24-13-5-1-6-14-24/h3-4,9-12,17,22H,1-2,5-8,13-16,18-19H2/p+2/t22-/m1/s1. The number of hydrogen-bond acceptors (Lipinski definition) is 2. The monoisotopic (exact) mass is 402 g/mol. The number of rotatable bonds is 6. The Balaban J connectivity index is 1.55. The molecular formula is C23H34N2O2S+2. The Morgan fingerprint density at radius 1 is 0.786 bits per heavy atom. The molecule has 2 fully saturated rings. The molecule has 2 heterocycles. The first-order chi connectivity index (χ1) is 13.6. The van der Waals surface area contributed by atoms with E-state index >= 15 is 0 Å². The zero-order chi connectivity index (χ0) is 19.4. The van der Waals surface area contributed by atoms with E-state index in [1.165, 1.54) is 56.5 Å². The number of fused-ring (bicyclic) bond motifs is 1. The van der Waals surface area contributed by atoms with E-state index in [9.17, 15) is 8.42 Å². The molecule has 1 atom stereocenters. The Morgan fingerprint density at radius 2 is 1.43 bits per heavy atom. The van der Waals surface area contributed by atoms with Gasteiger partial charge in [-0.1, -0.05) is 30.3 Å². The van der Waals surface area contributed by atoms with Crippen molar-refractivity contribution < 1.29 is 18.2 Å². The Hall–Kier alpha value is -1.43. The van der Waals surface area contributed by atoms with Gasteiger partial charge in [0.1, 0.15) is 12.3 Å². The van der Waals surface area contributed by atoms with Gasteiger partial charge in [-0.25, -0.2) is 8.42 Å². The van der Waals surface area contributed by atoms with Crippen LogP contribution in [-0.2, 0) is 9.84 Å². The van der Waals surface area contributed by atoms with E-state index < -0.39 is 9.84 Å². The maximum atomic E-state index is 13.3. The normalized spacial score (nSPS) is 21.0. The molecule has 2 saturated heterocycles. The molecule has 152 valence electrons. The summed E-state index contributed by atoms with van der Waals surface area (Å²) in [6.07, 6.45) is 7.67. The van der Waals surface area contributed by atoms with Gasteiger partial charge in [0.15, 0.2) is 15.9 Å². The van der Waals surface area contributed by atoms with Gasteiger partial charge in [-0.15, -0.1) is 0 Å². The van der Waals surface area contributed by atoms with Crippen LogP contribution in [0.25, 0.3) is 10.8 Å². The second-order valence-electron chi connectivity index (χ2n) is 8.72. The van der Waals surface area contributed by atoms with Crippen LogP contribution in [0, 0.1) is 0 Å². The molecule has 0 aliphatic carbocycles. The maximum Gasteiger partial charge on any atom is 0.184 e. The predicted octanol–water partition coefficient (Wildman–Crippen LogP) is 1.12. The second-order valence-corrected chi connectivity index (χ2v) is 10.8. The molecule has 0 saturated carbocycles. The molecule has 2 aromatic carbocycles. The molecule has 4 nitrogen and oxygen atoms in total. The van der Waals surface area contributed by atoms with Gasteiger partial charge in [-0.2, -0.15) is 0 Å². The van der Waals surface area contributed by atoms with E-state index in [0.717, 1.165) is 30.4 Å². The van der Waals surface area contributed by atoms with Crippen LogP contribution in [0.1, 0.15) is 38.5 Å². The summed E-state index contributed by atoms with van der Waals surface area (Å²) < 4.78 is 26.7. The first kappa shape index (κ1) is 19.9. The molecule has 0 amide bonds. The van der Waals surface area contributed by atoms with Gasteiger partial charge in [0.25, 0.3) is 0 Å². The molecule has 5 heteroatoms. The van der Waals surface area contributed by atoms with E-state index in [0.29, 0.717) is 4.90 Å². The highest BCUT2D eigenvalue weighted by atomic mass is 32.2. The third-order valence-corrected chi connectivity index (χ3v) is 8.48. The van der Waals surface area contributed by atoms with Gasteiger partial charge in [-0.3, -0.25) is 0 Å². The van der Waals surface area contributed by atoms with Gasteiger partial charge in [0.2, 0.25) is 0 Å². The first-order valence-corrected chi connectivity index (χ1v) is 12.7. The average molecular weight is 403 g/mol. The van der Waals surface area contributed by atoms with E-state index in [2.05, 4.69) is 0 Å². The van der Waals surface area contributed by atoms with Crippen molar-refractivity contribution >= 4 is 20.6 Å². The van der Waals surface area contributed by atoms with Crippen LogP contribution in [0.2, 0.25) is 0 Å². The topological polar surface area (TPSA) is 43.0 Å². The highest BCUT2D eigenvalue weighted by Crippen LogP contribution is 2.20. The summed E-state index contributed by atoms with van der Waals surface area (Å²) in [6, 6.07) is 13.8. The van der Waals surface area contributed by atoms with Gasteiger partial charge in [0.05, 0.1) is 31.1 Å². The fourth-order valence-electron chi connectivity index (χ4n) is 5.06. The zero-order valence-corrected chi connectivity index (χ0v) is 17.6. The number of quaternary nitrogens is 2. The Labute approximate surface area is 169 Å². The van der Waals surface area contributed by atoms with E-state index in [1.807, 2.05) is 36.4 Å². The Bertz CT molecular complexity index is 884. The summed E-state index contributed by atoms with van der Waals surface area (Å²) >= 11 is 0. The minimum absolute atomic E-state index is 0.213. The minimum Gasteiger partial charge on any atom is -0.330 e. The number of likely N-dealkylation sites (tertiary alicyclic amines) is 2. The number of sulfone groups is 1. The van der Waals surface area contributed by atoms with Crippen LogP contribution in [0.3, 0.4) is 0 Å². The van der Waals surface area contributed by atoms with Crippen molar-refractivity contribution in [1.29, 1.82) is 0 Å². The Morgan fingerprint density at radius 3 is 2.14 bits per heavy atom. The van der Waals surface area contributed by atoms with Crippen LogP contribution in [-0.4, -0.2) is 52.9 Å². The fraction of sp³-hybridized carbons (Fsp3) is 0.565. The molecule has 2 aromatic rings. The molecule has 28 heavy (non-hydrogen) atoms. The number of piperidine rings is 2. The zero-order valence-electron chi connectivity index (χ0n) is 16.8. The van der Waals surface area contributed by atoms with E-state index in [-0.39, 0.29) is 11.8 Å². The van der Waals surface area contributed by atoms with Crippen molar-refractivity contribution in [3.63, 3.8) is 0 Å². The lowest BCUT2D eigenvalue weighted by molar-refractivity contribution is -0.979. The van der Waals surface area contributed by atoms with E-state index in [4.69, 9.17) is 0 Å². The van der Waals surface area contributed by atoms with Crippen molar-refractivity contribution in [1.82, 2.24) is 0 Å². The third-order valence-electron chi connectivity index (χ3n) is 6.67. The maximum absolute atomic E-state index is 13.3. The molecule has 2 N–H and O–H groups in total. The van der Waals surface area contributed by atoms with Crippen LogP contribution < -0.4 is 9.80 Å². The SMILES string of the molecule is O=S(=O)(C[C@@H](C[NH+]1CCCCC1)[NH+]1CCCCC1)c1ccc2ccccc2c1. The van der Waals surface area contributed by atoms with Gasteiger partial charge in [0, 0.05) is 0 Å². The third kappa shape index (κ3) is 4.76. The predicted molar refractivity (Wildman–Crippen MR) is 114 cm³/mol. The summed E-state index contributed by atoms with van der Waals surface area (Å²) in [5, 5.41) is 2.10. The Kier molecular flexibility index (Phi) is 6.34. The highest BCUT2D eigenvalue weighted by molar-refractivity contribution is 7.91.